The van der Waals surface area contributed by atoms with Gasteiger partial charge in [-0.3, -0.25) is 4.79 Å². The number of likely N-dealkylation sites (N-methyl/N-ethyl adjacent to an activating group) is 1. The zero-order valence-corrected chi connectivity index (χ0v) is 10.4. The molecule has 0 unspecified atom stereocenters. The molecule has 0 spiro atoms. The highest BCUT2D eigenvalue weighted by Crippen LogP contribution is 2.18. The smallest absolute Gasteiger partial charge is 0.253 e. The van der Waals surface area contributed by atoms with Crippen LogP contribution in [0.3, 0.4) is 0 Å². The molecule has 1 N–H and O–H groups in total. The van der Waals surface area contributed by atoms with Crippen LogP contribution in [-0.2, 0) is 0 Å². The summed E-state index contributed by atoms with van der Waals surface area (Å²) in [4.78, 5) is 13.7. The zero-order chi connectivity index (χ0) is 11.7. The van der Waals surface area contributed by atoms with Crippen molar-refractivity contribution in [1.82, 2.24) is 10.2 Å². The van der Waals surface area contributed by atoms with Gasteiger partial charge in [-0.05, 0) is 34.1 Å². The molecule has 5 heteroatoms. The second-order valence-corrected chi connectivity index (χ2v) is 4.71. The van der Waals surface area contributed by atoms with Gasteiger partial charge in [0, 0.05) is 25.7 Å². The van der Waals surface area contributed by atoms with Crippen LogP contribution in [-0.4, -0.2) is 37.0 Å². The molecule has 2 rings (SSSR count). The van der Waals surface area contributed by atoms with E-state index in [0.717, 1.165) is 13.1 Å². The van der Waals surface area contributed by atoms with Crippen molar-refractivity contribution in [1.29, 1.82) is 0 Å². The minimum atomic E-state index is -0.357. The lowest BCUT2D eigenvalue weighted by atomic mass is 10.1. The molecule has 1 aliphatic rings. The Morgan fingerprint density at radius 1 is 1.56 bits per heavy atom. The molecule has 0 aliphatic carbocycles. The van der Waals surface area contributed by atoms with Crippen molar-refractivity contribution in [2.45, 2.75) is 6.04 Å². The predicted octanol–water partition coefficient (Wildman–Crippen LogP) is 1.63. The highest BCUT2D eigenvalue weighted by atomic mass is 79.9. The van der Waals surface area contributed by atoms with Gasteiger partial charge in [-0.2, -0.15) is 0 Å². The standard InChI is InChI=1S/C11H12BrFN2O/c1-15(8-5-14-6-8)11(16)7-2-3-10(13)9(12)4-7/h2-4,8,14H,5-6H2,1H3. The minimum absolute atomic E-state index is 0.0767. The van der Waals surface area contributed by atoms with E-state index in [0.29, 0.717) is 10.0 Å². The van der Waals surface area contributed by atoms with Crippen molar-refractivity contribution >= 4 is 21.8 Å². The first kappa shape index (κ1) is 11.5. The molecule has 0 radical (unpaired) electrons. The average Bonchev–Trinajstić information content (AvgIpc) is 2.18. The molecule has 0 atom stereocenters. The maximum absolute atomic E-state index is 13.0. The van der Waals surface area contributed by atoms with Gasteiger partial charge in [-0.25, -0.2) is 4.39 Å². The normalized spacial score (nSPS) is 15.7. The van der Waals surface area contributed by atoms with E-state index < -0.39 is 0 Å². The number of benzene rings is 1. The summed E-state index contributed by atoms with van der Waals surface area (Å²) < 4.78 is 13.3. The molecule has 1 amide bonds. The summed E-state index contributed by atoms with van der Waals surface area (Å²) in [7, 11) is 1.77. The van der Waals surface area contributed by atoms with Crippen LogP contribution in [0.1, 0.15) is 10.4 Å². The molecule has 0 aromatic heterocycles. The van der Waals surface area contributed by atoms with Crippen LogP contribution in [0.15, 0.2) is 22.7 Å². The van der Waals surface area contributed by atoms with Crippen molar-refractivity contribution in [3.05, 3.63) is 34.1 Å². The van der Waals surface area contributed by atoms with Gasteiger partial charge in [0.2, 0.25) is 0 Å². The van der Waals surface area contributed by atoms with Crippen molar-refractivity contribution in [2.75, 3.05) is 20.1 Å². The first-order valence-corrected chi connectivity index (χ1v) is 5.82. The van der Waals surface area contributed by atoms with Crippen LogP contribution >= 0.6 is 15.9 Å². The lowest BCUT2D eigenvalue weighted by Gasteiger charge is -2.35. The van der Waals surface area contributed by atoms with Crippen LogP contribution in [0.2, 0.25) is 0 Å². The van der Waals surface area contributed by atoms with Crippen LogP contribution in [0.4, 0.5) is 4.39 Å². The Morgan fingerprint density at radius 2 is 2.25 bits per heavy atom. The number of hydrogen-bond donors (Lipinski definition) is 1. The maximum Gasteiger partial charge on any atom is 0.253 e. The van der Waals surface area contributed by atoms with E-state index >= 15 is 0 Å². The molecular weight excluding hydrogens is 275 g/mol. The third kappa shape index (κ3) is 2.10. The van der Waals surface area contributed by atoms with Gasteiger partial charge < -0.3 is 10.2 Å². The number of carbonyl (C=O) groups excluding carboxylic acids is 1. The minimum Gasteiger partial charge on any atom is -0.336 e. The SMILES string of the molecule is CN(C(=O)c1ccc(F)c(Br)c1)C1CNC1. The zero-order valence-electron chi connectivity index (χ0n) is 8.84. The lowest BCUT2D eigenvalue weighted by Crippen LogP contribution is -2.57. The van der Waals surface area contributed by atoms with E-state index in [-0.39, 0.29) is 17.8 Å². The number of hydrogen-bond acceptors (Lipinski definition) is 2. The fourth-order valence-electron chi connectivity index (χ4n) is 1.55. The van der Waals surface area contributed by atoms with E-state index in [4.69, 9.17) is 0 Å². The highest BCUT2D eigenvalue weighted by molar-refractivity contribution is 9.10. The van der Waals surface area contributed by atoms with Gasteiger partial charge in [-0.1, -0.05) is 0 Å². The molecule has 1 heterocycles. The molecule has 1 saturated heterocycles. The Morgan fingerprint density at radius 3 is 2.75 bits per heavy atom. The predicted molar refractivity (Wildman–Crippen MR) is 62.9 cm³/mol. The van der Waals surface area contributed by atoms with Gasteiger partial charge in [0.15, 0.2) is 0 Å². The van der Waals surface area contributed by atoms with Gasteiger partial charge in [0.1, 0.15) is 5.82 Å². The molecule has 1 fully saturated rings. The van der Waals surface area contributed by atoms with Gasteiger partial charge in [-0.15, -0.1) is 0 Å². The number of carbonyl (C=O) groups is 1. The van der Waals surface area contributed by atoms with Gasteiger partial charge in [0.05, 0.1) is 10.5 Å². The quantitative estimate of drug-likeness (QED) is 0.896. The van der Waals surface area contributed by atoms with Crippen molar-refractivity contribution in [2.24, 2.45) is 0 Å². The summed E-state index contributed by atoms with van der Waals surface area (Å²) in [6.45, 7) is 1.65. The topological polar surface area (TPSA) is 32.3 Å². The molecule has 1 aliphatic heterocycles. The molecule has 86 valence electrons. The molecule has 16 heavy (non-hydrogen) atoms. The molecule has 0 saturated carbocycles. The first-order valence-electron chi connectivity index (χ1n) is 5.02. The Balaban J connectivity index is 2.16. The third-order valence-electron chi connectivity index (χ3n) is 2.79. The van der Waals surface area contributed by atoms with E-state index in [1.807, 2.05) is 0 Å². The molecule has 1 aromatic rings. The Bertz CT molecular complexity index is 420. The van der Waals surface area contributed by atoms with Gasteiger partial charge in [0.25, 0.3) is 5.91 Å². The van der Waals surface area contributed by atoms with Crippen molar-refractivity contribution in [3.8, 4) is 0 Å². The van der Waals surface area contributed by atoms with Gasteiger partial charge >= 0.3 is 0 Å². The Kier molecular flexibility index (Phi) is 3.25. The number of nitrogens with zero attached hydrogens (tertiary/aromatic N) is 1. The molecule has 3 nitrogen and oxygen atoms in total. The Labute approximate surface area is 102 Å². The average molecular weight is 287 g/mol. The maximum atomic E-state index is 13.0. The number of rotatable bonds is 2. The van der Waals surface area contributed by atoms with E-state index in [1.165, 1.54) is 18.2 Å². The van der Waals surface area contributed by atoms with E-state index in [9.17, 15) is 9.18 Å². The molecule has 1 aromatic carbocycles. The van der Waals surface area contributed by atoms with Crippen LogP contribution < -0.4 is 5.32 Å². The first-order chi connectivity index (χ1) is 7.59. The summed E-state index contributed by atoms with van der Waals surface area (Å²) in [6, 6.07) is 4.56. The Hall–Kier alpha value is -0.940. The summed E-state index contributed by atoms with van der Waals surface area (Å²) in [5, 5.41) is 3.11. The van der Waals surface area contributed by atoms with Crippen LogP contribution in [0, 0.1) is 5.82 Å². The number of halogens is 2. The second-order valence-electron chi connectivity index (χ2n) is 3.86. The number of nitrogens with one attached hydrogen (secondary N) is 1. The summed E-state index contributed by atoms with van der Waals surface area (Å²) in [5.74, 6) is -0.434. The molecule has 0 bridgehead atoms. The third-order valence-corrected chi connectivity index (χ3v) is 3.40. The largest absolute Gasteiger partial charge is 0.336 e. The molecular formula is C11H12BrFN2O. The summed E-state index contributed by atoms with van der Waals surface area (Å²) in [5.41, 5.74) is 0.502. The van der Waals surface area contributed by atoms with Crippen molar-refractivity contribution < 1.29 is 9.18 Å². The van der Waals surface area contributed by atoms with E-state index in [1.54, 1.807) is 11.9 Å². The second kappa shape index (κ2) is 4.51. The fraction of sp³-hybridized carbons (Fsp3) is 0.364. The van der Waals surface area contributed by atoms with E-state index in [2.05, 4.69) is 21.2 Å². The number of amides is 1. The van der Waals surface area contributed by atoms with Crippen LogP contribution in [0.5, 0.6) is 0 Å². The lowest BCUT2D eigenvalue weighted by molar-refractivity contribution is 0.0681. The highest BCUT2D eigenvalue weighted by Gasteiger charge is 2.26. The monoisotopic (exact) mass is 286 g/mol. The summed E-state index contributed by atoms with van der Waals surface area (Å²) >= 11 is 3.07. The van der Waals surface area contributed by atoms with Crippen molar-refractivity contribution in [3.63, 3.8) is 0 Å². The summed E-state index contributed by atoms with van der Waals surface area (Å²) in [6.07, 6.45) is 0. The fourth-order valence-corrected chi connectivity index (χ4v) is 1.92. The van der Waals surface area contributed by atoms with Crippen LogP contribution in [0.25, 0.3) is 0 Å².